The first-order chi connectivity index (χ1) is 10.1. The second-order valence-corrected chi connectivity index (χ2v) is 6.75. The Labute approximate surface area is 126 Å². The van der Waals surface area contributed by atoms with Gasteiger partial charge in [0.25, 0.3) is 0 Å². The molecule has 21 heavy (non-hydrogen) atoms. The number of nitrogens with zero attached hydrogens (tertiary/aromatic N) is 2. The predicted octanol–water partition coefficient (Wildman–Crippen LogP) is 1.27. The van der Waals surface area contributed by atoms with Crippen LogP contribution in [-0.2, 0) is 14.3 Å². The Balaban J connectivity index is 1.42. The fourth-order valence-corrected chi connectivity index (χ4v) is 3.32. The minimum Gasteiger partial charge on any atom is -0.376 e. The van der Waals surface area contributed by atoms with Gasteiger partial charge in [0.15, 0.2) is 0 Å². The molecule has 0 radical (unpaired) electrons. The van der Waals surface area contributed by atoms with E-state index in [1.165, 1.54) is 12.8 Å². The van der Waals surface area contributed by atoms with Gasteiger partial charge in [0.1, 0.15) is 0 Å². The highest BCUT2D eigenvalue weighted by Gasteiger charge is 2.34. The van der Waals surface area contributed by atoms with Crippen LogP contribution in [0.2, 0.25) is 0 Å². The smallest absolute Gasteiger partial charge is 0.225 e. The Morgan fingerprint density at radius 1 is 1.00 bits per heavy atom. The van der Waals surface area contributed by atoms with Crippen LogP contribution < -0.4 is 0 Å². The van der Waals surface area contributed by atoms with Gasteiger partial charge in [-0.15, -0.1) is 0 Å². The number of likely N-dealkylation sites (tertiary alicyclic amines) is 2. The van der Waals surface area contributed by atoms with E-state index in [-0.39, 0.29) is 23.8 Å². The van der Waals surface area contributed by atoms with E-state index in [1.54, 1.807) is 6.92 Å². The summed E-state index contributed by atoms with van der Waals surface area (Å²) in [6.07, 6.45) is 5.45. The standard InChI is InChI=1S/C16H26N2O3/c1-12(19)17-7-4-14(5-8-17)16(20)18-9-6-15(10-18)21-11-13-2-3-13/h13-15H,2-11H2,1H3. The second-order valence-electron chi connectivity index (χ2n) is 6.75. The van der Waals surface area contributed by atoms with Crippen LogP contribution in [0.25, 0.3) is 0 Å². The van der Waals surface area contributed by atoms with Crippen LogP contribution in [0.4, 0.5) is 0 Å². The quantitative estimate of drug-likeness (QED) is 0.784. The number of rotatable bonds is 4. The lowest BCUT2D eigenvalue weighted by atomic mass is 9.95. The van der Waals surface area contributed by atoms with Crippen molar-refractivity contribution in [2.75, 3.05) is 32.8 Å². The van der Waals surface area contributed by atoms with Crippen LogP contribution in [0.5, 0.6) is 0 Å². The highest BCUT2D eigenvalue weighted by atomic mass is 16.5. The van der Waals surface area contributed by atoms with Crippen molar-refractivity contribution in [2.24, 2.45) is 11.8 Å². The first-order valence-electron chi connectivity index (χ1n) is 8.29. The number of ether oxygens (including phenoxy) is 1. The molecule has 3 aliphatic rings. The molecule has 1 aliphatic carbocycles. The molecule has 118 valence electrons. The van der Waals surface area contributed by atoms with Crippen LogP contribution in [0.15, 0.2) is 0 Å². The molecule has 5 heteroatoms. The molecule has 0 aromatic heterocycles. The molecule has 2 saturated heterocycles. The fraction of sp³-hybridized carbons (Fsp3) is 0.875. The third-order valence-electron chi connectivity index (χ3n) is 5.01. The molecule has 0 aromatic rings. The molecule has 2 aliphatic heterocycles. The number of carbonyl (C=O) groups excluding carboxylic acids is 2. The molecule has 0 bridgehead atoms. The Morgan fingerprint density at radius 3 is 2.29 bits per heavy atom. The van der Waals surface area contributed by atoms with Crippen LogP contribution in [0.3, 0.4) is 0 Å². The third-order valence-corrected chi connectivity index (χ3v) is 5.01. The van der Waals surface area contributed by atoms with Gasteiger partial charge in [-0.25, -0.2) is 0 Å². The lowest BCUT2D eigenvalue weighted by Gasteiger charge is -2.32. The first kappa shape index (κ1) is 14.8. The van der Waals surface area contributed by atoms with Crippen LogP contribution in [-0.4, -0.2) is 60.5 Å². The topological polar surface area (TPSA) is 49.9 Å². The van der Waals surface area contributed by atoms with Gasteiger partial charge >= 0.3 is 0 Å². The molecule has 0 aromatic carbocycles. The van der Waals surface area contributed by atoms with Crippen LogP contribution in [0, 0.1) is 11.8 Å². The molecule has 0 spiro atoms. The number of hydrogen-bond donors (Lipinski definition) is 0. The van der Waals surface area contributed by atoms with Crippen molar-refractivity contribution in [2.45, 2.75) is 45.1 Å². The van der Waals surface area contributed by atoms with Gasteiger partial charge < -0.3 is 14.5 Å². The van der Waals surface area contributed by atoms with Crippen molar-refractivity contribution in [1.82, 2.24) is 9.80 Å². The molecule has 0 N–H and O–H groups in total. The Bertz CT molecular complexity index is 400. The predicted molar refractivity (Wildman–Crippen MR) is 78.6 cm³/mol. The van der Waals surface area contributed by atoms with Gasteiger partial charge in [-0.3, -0.25) is 9.59 Å². The number of carbonyl (C=O) groups is 2. The molecule has 3 rings (SSSR count). The highest BCUT2D eigenvalue weighted by molar-refractivity contribution is 5.80. The minimum absolute atomic E-state index is 0.0998. The second kappa shape index (κ2) is 6.34. The Hall–Kier alpha value is -1.10. The summed E-state index contributed by atoms with van der Waals surface area (Å²) in [6, 6.07) is 0. The van der Waals surface area contributed by atoms with Crippen molar-refractivity contribution >= 4 is 11.8 Å². The van der Waals surface area contributed by atoms with Gasteiger partial charge in [0.2, 0.25) is 11.8 Å². The average molecular weight is 294 g/mol. The van der Waals surface area contributed by atoms with Gasteiger partial charge in [-0.1, -0.05) is 0 Å². The van der Waals surface area contributed by atoms with E-state index in [0.29, 0.717) is 0 Å². The monoisotopic (exact) mass is 294 g/mol. The fourth-order valence-electron chi connectivity index (χ4n) is 3.32. The number of hydrogen-bond acceptors (Lipinski definition) is 3. The normalized spacial score (nSPS) is 27.2. The molecule has 5 nitrogen and oxygen atoms in total. The molecule has 3 fully saturated rings. The summed E-state index contributed by atoms with van der Waals surface area (Å²) < 4.78 is 5.90. The van der Waals surface area contributed by atoms with Gasteiger partial charge in [-0.2, -0.15) is 0 Å². The Morgan fingerprint density at radius 2 is 1.67 bits per heavy atom. The van der Waals surface area contributed by atoms with E-state index in [2.05, 4.69) is 0 Å². The van der Waals surface area contributed by atoms with Crippen LogP contribution in [0.1, 0.15) is 39.0 Å². The van der Waals surface area contributed by atoms with E-state index >= 15 is 0 Å². The molecule has 1 atom stereocenters. The lowest BCUT2D eigenvalue weighted by Crippen LogP contribution is -2.43. The van der Waals surface area contributed by atoms with E-state index in [4.69, 9.17) is 4.74 Å². The van der Waals surface area contributed by atoms with Gasteiger partial charge in [0, 0.05) is 45.6 Å². The molecule has 1 unspecified atom stereocenters. The molecular formula is C16H26N2O3. The molecular weight excluding hydrogens is 268 g/mol. The molecule has 1 saturated carbocycles. The summed E-state index contributed by atoms with van der Waals surface area (Å²) in [4.78, 5) is 27.7. The summed E-state index contributed by atoms with van der Waals surface area (Å²) >= 11 is 0. The highest BCUT2D eigenvalue weighted by Crippen LogP contribution is 2.30. The summed E-state index contributed by atoms with van der Waals surface area (Å²) in [5.41, 5.74) is 0. The largest absolute Gasteiger partial charge is 0.376 e. The van der Waals surface area contributed by atoms with Crippen LogP contribution >= 0.6 is 0 Å². The Kier molecular flexibility index (Phi) is 4.48. The van der Waals surface area contributed by atoms with Crippen molar-refractivity contribution in [1.29, 1.82) is 0 Å². The lowest BCUT2D eigenvalue weighted by molar-refractivity contribution is -0.139. The van der Waals surface area contributed by atoms with Gasteiger partial charge in [-0.05, 0) is 38.0 Å². The number of piperidine rings is 1. The van der Waals surface area contributed by atoms with Crippen molar-refractivity contribution < 1.29 is 14.3 Å². The maximum atomic E-state index is 12.5. The SMILES string of the molecule is CC(=O)N1CCC(C(=O)N2CCC(OCC3CC3)C2)CC1. The van der Waals surface area contributed by atoms with E-state index in [9.17, 15) is 9.59 Å². The van der Waals surface area contributed by atoms with Crippen molar-refractivity contribution in [3.05, 3.63) is 0 Å². The zero-order valence-electron chi connectivity index (χ0n) is 12.9. The summed E-state index contributed by atoms with van der Waals surface area (Å²) in [5, 5.41) is 0. The third kappa shape index (κ3) is 3.76. The summed E-state index contributed by atoms with van der Waals surface area (Å²) in [6.45, 7) is 5.52. The first-order valence-corrected chi connectivity index (χ1v) is 8.29. The van der Waals surface area contributed by atoms with Crippen molar-refractivity contribution in [3.8, 4) is 0 Å². The van der Waals surface area contributed by atoms with E-state index < -0.39 is 0 Å². The minimum atomic E-state index is 0.0998. The van der Waals surface area contributed by atoms with Gasteiger partial charge in [0.05, 0.1) is 6.10 Å². The van der Waals surface area contributed by atoms with Crippen molar-refractivity contribution in [3.63, 3.8) is 0 Å². The number of amides is 2. The van der Waals surface area contributed by atoms with E-state index in [0.717, 1.165) is 58.0 Å². The zero-order chi connectivity index (χ0) is 14.8. The molecule has 2 heterocycles. The maximum absolute atomic E-state index is 12.5. The molecule has 2 amide bonds. The average Bonchev–Trinajstić information content (AvgIpc) is 3.21. The summed E-state index contributed by atoms with van der Waals surface area (Å²) in [5.74, 6) is 1.28. The zero-order valence-corrected chi connectivity index (χ0v) is 12.9. The maximum Gasteiger partial charge on any atom is 0.225 e. The van der Waals surface area contributed by atoms with E-state index in [1.807, 2.05) is 9.80 Å². The summed E-state index contributed by atoms with van der Waals surface area (Å²) in [7, 11) is 0.